The minimum absolute atomic E-state index is 0.375. The Bertz CT molecular complexity index is 430. The molecular weight excluding hydrogens is 217 g/mol. The van der Waals surface area contributed by atoms with Crippen LogP contribution in [0, 0.1) is 6.32 Å². The summed E-state index contributed by atoms with van der Waals surface area (Å²) in [5.74, 6) is 0.827. The molecule has 0 bridgehead atoms. The molecule has 1 heterocycles. The van der Waals surface area contributed by atoms with Gasteiger partial charge in [-0.05, 0) is 12.1 Å². The molecule has 0 aliphatic rings. The third-order valence-electron chi connectivity index (χ3n) is 1.90. The molecule has 0 fully saturated rings. The molecular formula is C11H14BN3S. The highest BCUT2D eigenvalue weighted by molar-refractivity contribution is 7.98. The minimum Gasteiger partial charge on any atom is -0.242 e. The van der Waals surface area contributed by atoms with Crippen molar-refractivity contribution in [1.82, 2.24) is 15.0 Å². The summed E-state index contributed by atoms with van der Waals surface area (Å²) >= 11 is 1.77. The van der Waals surface area contributed by atoms with Gasteiger partial charge in [-0.3, -0.25) is 0 Å². The summed E-state index contributed by atoms with van der Waals surface area (Å²) in [6, 6.07) is 10.4. The molecule has 0 N–H and O–H groups in total. The lowest BCUT2D eigenvalue weighted by atomic mass is 10.0. The van der Waals surface area contributed by atoms with Gasteiger partial charge in [0.05, 0.1) is 18.5 Å². The van der Waals surface area contributed by atoms with E-state index in [1.165, 1.54) is 4.90 Å². The molecule has 0 amide bonds. The predicted octanol–water partition coefficient (Wildman–Crippen LogP) is 1.10. The third kappa shape index (κ3) is 3.07. The standard InChI is InChI=1S/C11H14BN3S/c12-7-6-10-8-15(14-13-10)9-16-11-4-2-1-3-5-11/h1-5,7-8H,6,9H2,12H3. The monoisotopic (exact) mass is 231 g/mol. The highest BCUT2D eigenvalue weighted by atomic mass is 32.2. The lowest BCUT2D eigenvalue weighted by molar-refractivity contribution is 0.700. The summed E-state index contributed by atoms with van der Waals surface area (Å²) in [7, 11) is 0.375. The number of hydrogen-bond acceptors (Lipinski definition) is 3. The molecule has 0 unspecified atom stereocenters. The molecule has 2 aromatic rings. The third-order valence-corrected chi connectivity index (χ3v) is 2.90. The van der Waals surface area contributed by atoms with Gasteiger partial charge in [-0.15, -0.1) is 23.2 Å². The Morgan fingerprint density at radius 2 is 2.12 bits per heavy atom. The normalized spacial score (nSPS) is 10.3. The molecule has 0 aliphatic carbocycles. The van der Waals surface area contributed by atoms with Crippen molar-refractivity contribution in [2.75, 3.05) is 0 Å². The van der Waals surface area contributed by atoms with Crippen LogP contribution in [0.25, 0.3) is 0 Å². The molecule has 2 rings (SSSR count). The Morgan fingerprint density at radius 1 is 1.31 bits per heavy atom. The highest BCUT2D eigenvalue weighted by Crippen LogP contribution is 2.18. The fourth-order valence-electron chi connectivity index (χ4n) is 1.15. The molecule has 0 radical (unpaired) electrons. The first-order valence-corrected chi connectivity index (χ1v) is 5.64. The molecule has 5 heteroatoms. The highest BCUT2D eigenvalue weighted by Gasteiger charge is 2.01. The minimum atomic E-state index is 0.375. The van der Waals surface area contributed by atoms with Gasteiger partial charge >= 0.3 is 0 Å². The van der Waals surface area contributed by atoms with Crippen LogP contribution in [0.1, 0.15) is 5.69 Å². The average Bonchev–Trinajstić information content (AvgIpc) is 2.76. The lowest BCUT2D eigenvalue weighted by Gasteiger charge is -1.99. The van der Waals surface area contributed by atoms with E-state index in [2.05, 4.69) is 40.9 Å². The van der Waals surface area contributed by atoms with E-state index >= 15 is 0 Å². The average molecular weight is 231 g/mol. The maximum atomic E-state index is 4.13. The Balaban J connectivity index is 1.89. The molecule has 3 nitrogen and oxygen atoms in total. The molecule has 0 aliphatic heterocycles. The molecule has 82 valence electrons. The fourth-order valence-corrected chi connectivity index (χ4v) is 1.91. The molecule has 16 heavy (non-hydrogen) atoms. The zero-order valence-electron chi connectivity index (χ0n) is 8.21. The SMILES string of the molecule is [BH3-][CH+]Cc1cn(CSc2ccccc2)nn1. The lowest BCUT2D eigenvalue weighted by Crippen LogP contribution is -1.94. The van der Waals surface area contributed by atoms with Crippen LogP contribution in [0.3, 0.4) is 0 Å². The summed E-state index contributed by atoms with van der Waals surface area (Å²) in [6.45, 7) is 0. The van der Waals surface area contributed by atoms with Crippen LogP contribution in [-0.4, -0.2) is 22.8 Å². The maximum absolute atomic E-state index is 4.13. The van der Waals surface area contributed by atoms with Crippen LogP contribution in [-0.2, 0) is 12.3 Å². The van der Waals surface area contributed by atoms with Gasteiger partial charge in [0.2, 0.25) is 0 Å². The Labute approximate surface area is 101 Å². The quantitative estimate of drug-likeness (QED) is 0.438. The first-order chi connectivity index (χ1) is 7.88. The number of nitrogens with zero attached hydrogens (tertiary/aromatic N) is 3. The molecule has 0 spiro atoms. The number of rotatable bonds is 5. The maximum Gasteiger partial charge on any atom is 0.155 e. The van der Waals surface area contributed by atoms with Crippen LogP contribution >= 0.6 is 11.8 Å². The van der Waals surface area contributed by atoms with Crippen LogP contribution in [0.5, 0.6) is 0 Å². The molecule has 1 aromatic heterocycles. The van der Waals surface area contributed by atoms with Crippen molar-refractivity contribution in [2.24, 2.45) is 0 Å². The number of hydrogen-bond donors (Lipinski definition) is 0. The van der Waals surface area contributed by atoms with E-state index in [-0.39, 0.29) is 0 Å². The molecule has 1 aromatic carbocycles. The topological polar surface area (TPSA) is 30.7 Å². The van der Waals surface area contributed by atoms with Gasteiger partial charge in [0.1, 0.15) is 5.69 Å². The molecule has 0 atom stereocenters. The van der Waals surface area contributed by atoms with Crippen molar-refractivity contribution in [2.45, 2.75) is 17.2 Å². The Hall–Kier alpha value is -1.36. The zero-order chi connectivity index (χ0) is 11.2. The van der Waals surface area contributed by atoms with Crippen molar-refractivity contribution in [1.29, 1.82) is 0 Å². The second kappa shape index (κ2) is 5.65. The van der Waals surface area contributed by atoms with E-state index < -0.39 is 0 Å². The summed E-state index contributed by atoms with van der Waals surface area (Å²) in [5.41, 5.74) is 1.09. The van der Waals surface area contributed by atoms with Gasteiger partial charge in [-0.2, -0.15) is 0 Å². The first-order valence-electron chi connectivity index (χ1n) is 4.65. The Kier molecular flexibility index (Phi) is 3.94. The summed E-state index contributed by atoms with van der Waals surface area (Å²) in [6.07, 6.45) is 5.36. The van der Waals surface area contributed by atoms with E-state index in [1.54, 1.807) is 11.8 Å². The largest absolute Gasteiger partial charge is 0.242 e. The summed E-state index contributed by atoms with van der Waals surface area (Å²) in [5, 5.41) is 8.23. The molecule has 0 saturated carbocycles. The Morgan fingerprint density at radius 3 is 2.88 bits per heavy atom. The number of benzene rings is 1. The van der Waals surface area contributed by atoms with E-state index in [0.717, 1.165) is 18.0 Å². The van der Waals surface area contributed by atoms with E-state index in [0.29, 0.717) is 7.85 Å². The van der Waals surface area contributed by atoms with Crippen molar-refractivity contribution in [3.63, 3.8) is 0 Å². The van der Waals surface area contributed by atoms with Crippen LogP contribution in [0.4, 0.5) is 0 Å². The van der Waals surface area contributed by atoms with Crippen molar-refractivity contribution in [3.05, 3.63) is 48.5 Å². The van der Waals surface area contributed by atoms with Gasteiger partial charge in [0.25, 0.3) is 0 Å². The summed E-state index contributed by atoms with van der Waals surface area (Å²) < 4.78 is 1.90. The van der Waals surface area contributed by atoms with E-state index in [1.807, 2.05) is 16.9 Å². The first kappa shape index (κ1) is 11.1. The van der Waals surface area contributed by atoms with Crippen LogP contribution < -0.4 is 0 Å². The van der Waals surface area contributed by atoms with Gasteiger partial charge in [-0.1, -0.05) is 23.4 Å². The second-order valence-corrected chi connectivity index (χ2v) is 4.06. The zero-order valence-corrected chi connectivity index (χ0v) is 9.02. The van der Waals surface area contributed by atoms with Crippen molar-refractivity contribution >= 4 is 19.6 Å². The van der Waals surface area contributed by atoms with Crippen molar-refractivity contribution < 1.29 is 0 Å². The number of aromatic nitrogens is 3. The fraction of sp³-hybridized carbons (Fsp3) is 0.182. The van der Waals surface area contributed by atoms with Gasteiger partial charge in [0.15, 0.2) is 7.85 Å². The van der Waals surface area contributed by atoms with Crippen LogP contribution in [0.2, 0.25) is 0 Å². The van der Waals surface area contributed by atoms with Crippen molar-refractivity contribution in [3.8, 4) is 0 Å². The van der Waals surface area contributed by atoms with E-state index in [9.17, 15) is 0 Å². The van der Waals surface area contributed by atoms with Crippen LogP contribution in [0.15, 0.2) is 41.4 Å². The second-order valence-electron chi connectivity index (χ2n) is 3.04. The number of thioether (sulfide) groups is 1. The molecule has 0 saturated heterocycles. The van der Waals surface area contributed by atoms with E-state index in [4.69, 9.17) is 0 Å². The van der Waals surface area contributed by atoms with Gasteiger partial charge in [-0.25, -0.2) is 4.68 Å². The summed E-state index contributed by atoms with van der Waals surface area (Å²) in [4.78, 5) is 1.26. The predicted molar refractivity (Wildman–Crippen MR) is 70.3 cm³/mol. The van der Waals surface area contributed by atoms with Gasteiger partial charge in [0, 0.05) is 4.90 Å². The smallest absolute Gasteiger partial charge is 0.155 e. The van der Waals surface area contributed by atoms with Gasteiger partial charge < -0.3 is 0 Å².